The average molecular weight is 258 g/mol. The molecule has 0 aliphatic carbocycles. The van der Waals surface area contributed by atoms with Crippen LogP contribution < -0.4 is 5.32 Å². The van der Waals surface area contributed by atoms with E-state index in [0.29, 0.717) is 13.0 Å². The molecule has 0 fully saturated rings. The third-order valence-corrected chi connectivity index (χ3v) is 2.34. The van der Waals surface area contributed by atoms with Crippen molar-refractivity contribution >= 4 is 6.09 Å². The summed E-state index contributed by atoms with van der Waals surface area (Å²) in [7, 11) is 0. The van der Waals surface area contributed by atoms with E-state index < -0.39 is 6.09 Å². The first kappa shape index (κ1) is 14.7. The van der Waals surface area contributed by atoms with Gasteiger partial charge in [-0.05, 0) is 17.7 Å². The highest BCUT2D eigenvalue weighted by Crippen LogP contribution is 1.98. The molecular weight excluding hydrogens is 240 g/mol. The maximum absolute atomic E-state index is 11.4. The molecule has 0 radical (unpaired) electrons. The summed E-state index contributed by atoms with van der Waals surface area (Å²) in [6.45, 7) is 7.87. The number of rotatable bonds is 7. The number of carbonyl (C=O) groups is 1. The monoisotopic (exact) mass is 258 g/mol. The first-order valence-electron chi connectivity index (χ1n) is 6.01. The molecule has 1 heterocycles. The third-order valence-electron chi connectivity index (χ3n) is 2.34. The summed E-state index contributed by atoms with van der Waals surface area (Å²) in [4.78, 5) is 15.6. The average Bonchev–Trinajstić information content (AvgIpc) is 2.44. The second kappa shape index (κ2) is 8.69. The van der Waals surface area contributed by atoms with Gasteiger partial charge in [-0.3, -0.25) is 4.98 Å². The predicted octanol–water partition coefficient (Wildman–Crippen LogP) is 2.65. The molecule has 100 valence electrons. The number of alkyl carbamates (subject to hydrolysis) is 1. The largest absolute Gasteiger partial charge is 0.445 e. The molecule has 0 aromatic carbocycles. The Hall–Kier alpha value is -2.36. The molecule has 0 saturated carbocycles. The molecule has 19 heavy (non-hydrogen) atoms. The quantitative estimate of drug-likeness (QED) is 0.765. The van der Waals surface area contributed by atoms with E-state index in [1.165, 1.54) is 0 Å². The van der Waals surface area contributed by atoms with E-state index in [0.717, 1.165) is 11.3 Å². The summed E-state index contributed by atoms with van der Waals surface area (Å²) in [5.74, 6) is 0. The minimum absolute atomic E-state index is 0.185. The van der Waals surface area contributed by atoms with Gasteiger partial charge < -0.3 is 10.1 Å². The van der Waals surface area contributed by atoms with Crippen LogP contribution in [0.3, 0.4) is 0 Å². The normalized spacial score (nSPS) is 10.6. The number of hydrogen-bond acceptors (Lipinski definition) is 3. The summed E-state index contributed by atoms with van der Waals surface area (Å²) < 4.78 is 5.03. The molecule has 1 N–H and O–H groups in total. The Morgan fingerprint density at radius 2 is 2.26 bits per heavy atom. The van der Waals surface area contributed by atoms with E-state index in [1.54, 1.807) is 24.4 Å². The number of pyridine rings is 1. The van der Waals surface area contributed by atoms with Crippen molar-refractivity contribution in [1.82, 2.24) is 10.3 Å². The van der Waals surface area contributed by atoms with E-state index in [-0.39, 0.29) is 6.61 Å². The second-order valence-electron chi connectivity index (χ2n) is 3.76. The van der Waals surface area contributed by atoms with Crippen LogP contribution in [-0.2, 0) is 11.2 Å². The summed E-state index contributed by atoms with van der Waals surface area (Å²) >= 11 is 0. The first-order chi connectivity index (χ1) is 9.26. The zero-order chi connectivity index (χ0) is 13.9. The molecule has 0 bridgehead atoms. The van der Waals surface area contributed by atoms with Crippen molar-refractivity contribution in [3.63, 3.8) is 0 Å². The predicted molar refractivity (Wildman–Crippen MR) is 75.8 cm³/mol. The Kier molecular flexibility index (Phi) is 6.72. The van der Waals surface area contributed by atoms with E-state index in [2.05, 4.69) is 23.5 Å². The van der Waals surface area contributed by atoms with Gasteiger partial charge in [0.25, 0.3) is 0 Å². The molecule has 1 rings (SSSR count). The van der Waals surface area contributed by atoms with Gasteiger partial charge in [0, 0.05) is 24.9 Å². The van der Waals surface area contributed by atoms with Crippen LogP contribution in [0.5, 0.6) is 0 Å². The second-order valence-corrected chi connectivity index (χ2v) is 3.76. The summed E-state index contributed by atoms with van der Waals surface area (Å²) in [6, 6.07) is 5.68. The number of nitrogens with one attached hydrogen (secondary N) is 1. The van der Waals surface area contributed by atoms with Crippen molar-refractivity contribution in [3.8, 4) is 0 Å². The number of hydrogen-bond donors (Lipinski definition) is 1. The molecule has 0 saturated heterocycles. The maximum atomic E-state index is 11.4. The van der Waals surface area contributed by atoms with Gasteiger partial charge in [0.1, 0.15) is 6.61 Å². The van der Waals surface area contributed by atoms with E-state index in [9.17, 15) is 4.79 Å². The van der Waals surface area contributed by atoms with Crippen LogP contribution in [-0.4, -0.2) is 24.2 Å². The molecule has 0 aliphatic rings. The lowest BCUT2D eigenvalue weighted by Crippen LogP contribution is -2.27. The molecule has 1 aromatic rings. The van der Waals surface area contributed by atoms with Crippen LogP contribution >= 0.6 is 0 Å². The molecular formula is C15H18N2O2. The SMILES string of the molecule is C=CC=C(C=C)COC(=O)NCCc1ccccn1. The van der Waals surface area contributed by atoms with Gasteiger partial charge in [-0.2, -0.15) is 0 Å². The fourth-order valence-electron chi connectivity index (χ4n) is 1.37. The maximum Gasteiger partial charge on any atom is 0.407 e. The molecule has 0 aliphatic heterocycles. The lowest BCUT2D eigenvalue weighted by Gasteiger charge is -2.07. The van der Waals surface area contributed by atoms with Gasteiger partial charge in [-0.1, -0.05) is 37.5 Å². The summed E-state index contributed by atoms with van der Waals surface area (Å²) in [5.41, 5.74) is 1.73. The van der Waals surface area contributed by atoms with E-state index in [1.807, 2.05) is 18.2 Å². The van der Waals surface area contributed by atoms with Gasteiger partial charge >= 0.3 is 6.09 Å². The Morgan fingerprint density at radius 3 is 2.89 bits per heavy atom. The Morgan fingerprint density at radius 1 is 1.42 bits per heavy atom. The van der Waals surface area contributed by atoms with Crippen LogP contribution in [0.2, 0.25) is 0 Å². The number of nitrogens with zero attached hydrogens (tertiary/aromatic N) is 1. The van der Waals surface area contributed by atoms with Gasteiger partial charge in [-0.15, -0.1) is 0 Å². The van der Waals surface area contributed by atoms with Gasteiger partial charge in [-0.25, -0.2) is 4.79 Å². The minimum atomic E-state index is -0.451. The molecule has 1 aromatic heterocycles. The minimum Gasteiger partial charge on any atom is -0.445 e. The van der Waals surface area contributed by atoms with Crippen molar-refractivity contribution in [2.75, 3.05) is 13.2 Å². The van der Waals surface area contributed by atoms with Crippen molar-refractivity contribution in [3.05, 3.63) is 67.0 Å². The lowest BCUT2D eigenvalue weighted by atomic mass is 10.2. The van der Waals surface area contributed by atoms with Crippen molar-refractivity contribution < 1.29 is 9.53 Å². The third kappa shape index (κ3) is 6.21. The molecule has 4 heteroatoms. The van der Waals surface area contributed by atoms with Crippen molar-refractivity contribution in [2.24, 2.45) is 0 Å². The van der Waals surface area contributed by atoms with Crippen molar-refractivity contribution in [2.45, 2.75) is 6.42 Å². The first-order valence-corrected chi connectivity index (χ1v) is 6.01. The summed E-state index contributed by atoms with van der Waals surface area (Å²) in [5, 5.41) is 2.66. The van der Waals surface area contributed by atoms with Crippen LogP contribution in [0.1, 0.15) is 5.69 Å². The van der Waals surface area contributed by atoms with Crippen molar-refractivity contribution in [1.29, 1.82) is 0 Å². The highest BCUT2D eigenvalue weighted by Gasteiger charge is 2.02. The Balaban J connectivity index is 2.23. The highest BCUT2D eigenvalue weighted by atomic mass is 16.5. The fourth-order valence-corrected chi connectivity index (χ4v) is 1.37. The topological polar surface area (TPSA) is 51.2 Å². The fraction of sp³-hybridized carbons (Fsp3) is 0.200. The van der Waals surface area contributed by atoms with Crippen LogP contribution in [0.15, 0.2) is 61.4 Å². The smallest absolute Gasteiger partial charge is 0.407 e. The van der Waals surface area contributed by atoms with Crippen LogP contribution in [0.4, 0.5) is 4.79 Å². The van der Waals surface area contributed by atoms with Gasteiger partial charge in [0.15, 0.2) is 0 Å². The lowest BCUT2D eigenvalue weighted by molar-refractivity contribution is 0.156. The number of ether oxygens (including phenoxy) is 1. The molecule has 1 amide bonds. The standard InChI is InChI=1S/C15H18N2O2/c1-3-7-13(4-2)12-19-15(18)17-11-9-14-8-5-6-10-16-14/h3-8,10H,1-2,9,11-12H2,(H,17,18). The molecule has 4 nitrogen and oxygen atoms in total. The molecule has 0 unspecified atom stereocenters. The molecule has 0 spiro atoms. The van der Waals surface area contributed by atoms with Gasteiger partial charge in [0.05, 0.1) is 0 Å². The number of allylic oxidation sites excluding steroid dienone is 2. The van der Waals surface area contributed by atoms with Crippen LogP contribution in [0.25, 0.3) is 0 Å². The summed E-state index contributed by atoms with van der Waals surface area (Å²) in [6.07, 6.45) is 6.94. The van der Waals surface area contributed by atoms with E-state index >= 15 is 0 Å². The number of aromatic nitrogens is 1. The van der Waals surface area contributed by atoms with Gasteiger partial charge in [0.2, 0.25) is 0 Å². The van der Waals surface area contributed by atoms with E-state index in [4.69, 9.17) is 4.74 Å². The number of carbonyl (C=O) groups excluding carboxylic acids is 1. The van der Waals surface area contributed by atoms with Crippen LogP contribution in [0, 0.1) is 0 Å². The molecule has 0 atom stereocenters. The Labute approximate surface area is 113 Å². The zero-order valence-corrected chi connectivity index (χ0v) is 10.8. The number of amides is 1. The highest BCUT2D eigenvalue weighted by molar-refractivity contribution is 5.67. The zero-order valence-electron chi connectivity index (χ0n) is 10.8. The Bertz CT molecular complexity index is 452.